The van der Waals surface area contributed by atoms with Crippen molar-refractivity contribution in [2.24, 2.45) is 5.73 Å². The number of aryl methyl sites for hydroxylation is 1. The Balaban J connectivity index is 2.26. The summed E-state index contributed by atoms with van der Waals surface area (Å²) in [5.74, 6) is 4.46. The zero-order valence-electron chi connectivity index (χ0n) is 11.4. The predicted octanol–water partition coefficient (Wildman–Crippen LogP) is 1.49. The molecular formula is C15H13FN4O. The summed E-state index contributed by atoms with van der Waals surface area (Å²) in [6.07, 6.45) is 2.87. The highest BCUT2D eigenvalue weighted by atomic mass is 19.1. The third-order valence-corrected chi connectivity index (χ3v) is 2.57. The Morgan fingerprint density at radius 2 is 2.19 bits per heavy atom. The summed E-state index contributed by atoms with van der Waals surface area (Å²) in [6, 6.07) is 3.92. The number of aromatic nitrogens is 2. The van der Waals surface area contributed by atoms with Crippen molar-refractivity contribution in [1.29, 1.82) is 0 Å². The lowest BCUT2D eigenvalue weighted by atomic mass is 10.1. The van der Waals surface area contributed by atoms with Gasteiger partial charge >= 0.3 is 0 Å². The van der Waals surface area contributed by atoms with Crippen LogP contribution in [0, 0.1) is 24.6 Å². The molecule has 3 N–H and O–H groups in total. The molecule has 1 aromatic carbocycles. The standard InChI is InChI=1S/C15H13FN4O/c1-10-8-19-14(9-18-10)15(21)20-13-5-4-12(16)7-11(13)3-2-6-17/h4-5,7-9H,6,17H2,1H3,(H,20,21). The van der Waals surface area contributed by atoms with Gasteiger partial charge in [-0.25, -0.2) is 9.37 Å². The number of nitrogens with one attached hydrogen (secondary N) is 1. The highest BCUT2D eigenvalue weighted by Crippen LogP contribution is 2.16. The Labute approximate surface area is 121 Å². The molecule has 0 saturated carbocycles. The number of hydrogen-bond donors (Lipinski definition) is 2. The molecule has 1 aromatic heterocycles. The van der Waals surface area contributed by atoms with Crippen LogP contribution in [-0.2, 0) is 0 Å². The molecule has 6 heteroatoms. The van der Waals surface area contributed by atoms with Gasteiger partial charge in [0, 0.05) is 6.20 Å². The van der Waals surface area contributed by atoms with Crippen molar-refractivity contribution in [3.63, 3.8) is 0 Å². The molecule has 0 aliphatic rings. The van der Waals surface area contributed by atoms with Gasteiger partial charge in [0.1, 0.15) is 11.5 Å². The van der Waals surface area contributed by atoms with Crippen molar-refractivity contribution in [3.05, 3.63) is 53.4 Å². The number of anilines is 1. The molecule has 0 saturated heterocycles. The molecule has 0 fully saturated rings. The van der Waals surface area contributed by atoms with Gasteiger partial charge in [-0.2, -0.15) is 0 Å². The van der Waals surface area contributed by atoms with Gasteiger partial charge in [0.15, 0.2) is 0 Å². The molecule has 0 aliphatic heterocycles. The van der Waals surface area contributed by atoms with E-state index in [0.29, 0.717) is 16.9 Å². The molecule has 0 atom stereocenters. The lowest BCUT2D eigenvalue weighted by molar-refractivity contribution is 0.102. The van der Waals surface area contributed by atoms with Crippen molar-refractivity contribution in [2.75, 3.05) is 11.9 Å². The van der Waals surface area contributed by atoms with Gasteiger partial charge < -0.3 is 11.1 Å². The molecule has 2 aromatic rings. The summed E-state index contributed by atoms with van der Waals surface area (Å²) in [5.41, 5.74) is 6.93. The SMILES string of the molecule is Cc1cnc(C(=O)Nc2ccc(F)cc2C#CCN)cn1. The topological polar surface area (TPSA) is 80.9 Å². The second kappa shape index (κ2) is 6.59. The van der Waals surface area contributed by atoms with Crippen LogP contribution < -0.4 is 11.1 Å². The number of hydrogen-bond acceptors (Lipinski definition) is 4. The van der Waals surface area contributed by atoms with Crippen LogP contribution >= 0.6 is 0 Å². The monoisotopic (exact) mass is 284 g/mol. The summed E-state index contributed by atoms with van der Waals surface area (Å²) in [7, 11) is 0. The number of halogens is 1. The largest absolute Gasteiger partial charge is 0.320 e. The molecule has 0 spiro atoms. The number of nitrogens with zero attached hydrogens (tertiary/aromatic N) is 2. The van der Waals surface area contributed by atoms with Crippen LogP contribution in [0.15, 0.2) is 30.6 Å². The average Bonchev–Trinajstić information content (AvgIpc) is 2.48. The number of carbonyl (C=O) groups is 1. The first-order valence-electron chi connectivity index (χ1n) is 6.18. The van der Waals surface area contributed by atoms with Gasteiger partial charge in [0.25, 0.3) is 5.91 Å². The molecule has 0 unspecified atom stereocenters. The van der Waals surface area contributed by atoms with Crippen LogP contribution in [0.1, 0.15) is 21.7 Å². The molecule has 0 radical (unpaired) electrons. The van der Waals surface area contributed by atoms with Gasteiger partial charge in [-0.3, -0.25) is 9.78 Å². The van der Waals surface area contributed by atoms with E-state index < -0.39 is 11.7 Å². The maximum atomic E-state index is 13.2. The number of amides is 1. The van der Waals surface area contributed by atoms with Crippen molar-refractivity contribution in [3.8, 4) is 11.8 Å². The summed E-state index contributed by atoms with van der Waals surface area (Å²) >= 11 is 0. The molecule has 2 rings (SSSR count). The first-order chi connectivity index (χ1) is 10.1. The third kappa shape index (κ3) is 3.84. The Morgan fingerprint density at radius 1 is 1.38 bits per heavy atom. The van der Waals surface area contributed by atoms with Crippen molar-refractivity contribution < 1.29 is 9.18 Å². The first-order valence-corrected chi connectivity index (χ1v) is 6.18. The molecule has 0 bridgehead atoms. The van der Waals surface area contributed by atoms with E-state index >= 15 is 0 Å². The normalized spacial score (nSPS) is 9.67. The molecule has 0 aliphatic carbocycles. The van der Waals surface area contributed by atoms with Gasteiger partial charge in [0.2, 0.25) is 0 Å². The van der Waals surface area contributed by atoms with E-state index in [-0.39, 0.29) is 12.2 Å². The highest BCUT2D eigenvalue weighted by Gasteiger charge is 2.10. The maximum absolute atomic E-state index is 13.2. The molecule has 21 heavy (non-hydrogen) atoms. The fourth-order valence-corrected chi connectivity index (χ4v) is 1.57. The minimum Gasteiger partial charge on any atom is -0.320 e. The summed E-state index contributed by atoms with van der Waals surface area (Å²) in [4.78, 5) is 20.0. The summed E-state index contributed by atoms with van der Waals surface area (Å²) in [6.45, 7) is 1.92. The predicted molar refractivity (Wildman–Crippen MR) is 77.1 cm³/mol. The van der Waals surface area contributed by atoms with Crippen LogP contribution in [0.4, 0.5) is 10.1 Å². The molecule has 1 heterocycles. The van der Waals surface area contributed by atoms with Crippen LogP contribution in [0.3, 0.4) is 0 Å². The van der Waals surface area contributed by atoms with E-state index in [9.17, 15) is 9.18 Å². The molecular weight excluding hydrogens is 271 g/mol. The van der Waals surface area contributed by atoms with E-state index in [4.69, 9.17) is 5.73 Å². The van der Waals surface area contributed by atoms with Crippen LogP contribution in [0.2, 0.25) is 0 Å². The first kappa shape index (κ1) is 14.6. The van der Waals surface area contributed by atoms with Crippen LogP contribution in [-0.4, -0.2) is 22.4 Å². The van der Waals surface area contributed by atoms with E-state index in [1.165, 1.54) is 30.6 Å². The van der Waals surface area contributed by atoms with Gasteiger partial charge in [0.05, 0.1) is 29.7 Å². The lowest BCUT2D eigenvalue weighted by Gasteiger charge is -2.07. The number of carbonyl (C=O) groups excluding carboxylic acids is 1. The third-order valence-electron chi connectivity index (χ3n) is 2.57. The van der Waals surface area contributed by atoms with Gasteiger partial charge in [-0.1, -0.05) is 11.8 Å². The second-order valence-corrected chi connectivity index (χ2v) is 4.19. The minimum absolute atomic E-state index is 0.146. The average molecular weight is 284 g/mol. The van der Waals surface area contributed by atoms with Crippen molar-refractivity contribution in [1.82, 2.24) is 9.97 Å². The van der Waals surface area contributed by atoms with Crippen LogP contribution in [0.5, 0.6) is 0 Å². The van der Waals surface area contributed by atoms with E-state index in [1.54, 1.807) is 6.92 Å². The zero-order chi connectivity index (χ0) is 15.2. The minimum atomic E-state index is -0.440. The Hall–Kier alpha value is -2.78. The Bertz CT molecular complexity index is 717. The van der Waals surface area contributed by atoms with E-state index in [0.717, 1.165) is 0 Å². The Kier molecular flexibility index (Phi) is 4.59. The second-order valence-electron chi connectivity index (χ2n) is 4.19. The van der Waals surface area contributed by atoms with Gasteiger partial charge in [-0.15, -0.1) is 0 Å². The summed E-state index contributed by atoms with van der Waals surface area (Å²) < 4.78 is 13.2. The zero-order valence-corrected chi connectivity index (χ0v) is 11.4. The summed E-state index contributed by atoms with van der Waals surface area (Å²) in [5, 5.41) is 2.63. The number of nitrogens with two attached hydrogens (primary N) is 1. The van der Waals surface area contributed by atoms with Crippen molar-refractivity contribution in [2.45, 2.75) is 6.92 Å². The van der Waals surface area contributed by atoms with Gasteiger partial charge in [-0.05, 0) is 25.1 Å². The molecule has 106 valence electrons. The lowest BCUT2D eigenvalue weighted by Crippen LogP contribution is -2.15. The number of benzene rings is 1. The fraction of sp³-hybridized carbons (Fsp3) is 0.133. The smallest absolute Gasteiger partial charge is 0.275 e. The Morgan fingerprint density at radius 3 is 2.86 bits per heavy atom. The quantitative estimate of drug-likeness (QED) is 0.819. The van der Waals surface area contributed by atoms with E-state index in [2.05, 4.69) is 27.1 Å². The van der Waals surface area contributed by atoms with Crippen molar-refractivity contribution >= 4 is 11.6 Å². The molecule has 5 nitrogen and oxygen atoms in total. The van der Waals surface area contributed by atoms with Crippen LogP contribution in [0.25, 0.3) is 0 Å². The highest BCUT2D eigenvalue weighted by molar-refractivity contribution is 6.03. The van der Waals surface area contributed by atoms with E-state index in [1.807, 2.05) is 0 Å². The molecule has 1 amide bonds. The maximum Gasteiger partial charge on any atom is 0.275 e. The fourth-order valence-electron chi connectivity index (χ4n) is 1.57. The number of rotatable bonds is 2.